The van der Waals surface area contributed by atoms with E-state index in [2.05, 4.69) is 5.10 Å². The minimum Gasteiger partial charge on any atom is -0.479 e. The lowest BCUT2D eigenvalue weighted by Gasteiger charge is -2.28. The van der Waals surface area contributed by atoms with Crippen LogP contribution in [-0.2, 0) is 16.6 Å². The van der Waals surface area contributed by atoms with Gasteiger partial charge < -0.3 is 10.0 Å². The van der Waals surface area contributed by atoms with Crippen molar-refractivity contribution in [3.05, 3.63) is 17.5 Å². The number of aryl methyl sites for hydroxylation is 2. The Labute approximate surface area is 99.8 Å². The van der Waals surface area contributed by atoms with E-state index in [0.717, 1.165) is 0 Å². The van der Waals surface area contributed by atoms with Gasteiger partial charge in [-0.25, -0.2) is 4.79 Å². The summed E-state index contributed by atoms with van der Waals surface area (Å²) in [6, 6.07) is -1.17. The van der Waals surface area contributed by atoms with Gasteiger partial charge >= 0.3 is 5.97 Å². The van der Waals surface area contributed by atoms with E-state index in [4.69, 9.17) is 0 Å². The minimum absolute atomic E-state index is 0.187. The number of hydrogen-bond acceptors (Lipinski definition) is 3. The van der Waals surface area contributed by atoms with Crippen LogP contribution in [0.1, 0.15) is 31.1 Å². The molecule has 1 N–H and O–H groups in total. The molecule has 0 aliphatic carbocycles. The molecule has 17 heavy (non-hydrogen) atoms. The van der Waals surface area contributed by atoms with Gasteiger partial charge in [0.25, 0.3) is 0 Å². The number of aliphatic carboxylic acids is 1. The number of carboxylic acids is 1. The first kappa shape index (κ1) is 13.2. The molecule has 1 aromatic rings. The molecule has 6 heteroatoms. The molecule has 0 radical (unpaired) electrons. The van der Waals surface area contributed by atoms with Crippen molar-refractivity contribution in [3.8, 4) is 0 Å². The quantitative estimate of drug-likeness (QED) is 0.768. The van der Waals surface area contributed by atoms with E-state index in [0.29, 0.717) is 17.7 Å². The van der Waals surface area contributed by atoms with Crippen LogP contribution in [0.3, 0.4) is 0 Å². The molecule has 0 fully saturated rings. The monoisotopic (exact) mass is 239 g/mol. The third-order valence-corrected chi connectivity index (χ3v) is 2.60. The van der Waals surface area contributed by atoms with Gasteiger partial charge in [-0.3, -0.25) is 9.48 Å². The van der Waals surface area contributed by atoms with Gasteiger partial charge in [0, 0.05) is 24.8 Å². The highest BCUT2D eigenvalue weighted by atomic mass is 16.4. The van der Waals surface area contributed by atoms with Crippen molar-refractivity contribution in [3.63, 3.8) is 0 Å². The van der Waals surface area contributed by atoms with Gasteiger partial charge in [-0.2, -0.15) is 5.10 Å². The molecule has 6 nitrogen and oxygen atoms in total. The molecule has 0 spiro atoms. The number of nitrogens with zero attached hydrogens (tertiary/aromatic N) is 3. The summed E-state index contributed by atoms with van der Waals surface area (Å²) in [6.07, 6.45) is 2.20. The van der Waals surface area contributed by atoms with E-state index in [1.54, 1.807) is 38.7 Å². The molecule has 0 aromatic carbocycles. The van der Waals surface area contributed by atoms with Crippen molar-refractivity contribution in [1.29, 1.82) is 0 Å². The number of amides is 1. The van der Waals surface area contributed by atoms with E-state index >= 15 is 0 Å². The van der Waals surface area contributed by atoms with Crippen LogP contribution in [0.15, 0.2) is 6.20 Å². The Morgan fingerprint density at radius 1 is 1.59 bits per heavy atom. The van der Waals surface area contributed by atoms with E-state index in [-0.39, 0.29) is 6.04 Å². The van der Waals surface area contributed by atoms with Crippen molar-refractivity contribution in [1.82, 2.24) is 14.7 Å². The van der Waals surface area contributed by atoms with Crippen LogP contribution in [0.25, 0.3) is 0 Å². The summed E-state index contributed by atoms with van der Waals surface area (Å²) in [7, 11) is 1.72. The molecule has 0 aliphatic rings. The lowest BCUT2D eigenvalue weighted by Crippen LogP contribution is -2.38. The van der Waals surface area contributed by atoms with Crippen LogP contribution in [0.4, 0.5) is 0 Å². The number of aromatic nitrogens is 2. The normalized spacial score (nSPS) is 12.5. The first-order valence-corrected chi connectivity index (χ1v) is 5.34. The molecule has 1 heterocycles. The van der Waals surface area contributed by atoms with Gasteiger partial charge in [-0.1, -0.05) is 0 Å². The summed E-state index contributed by atoms with van der Waals surface area (Å²) >= 11 is 0. The average molecular weight is 239 g/mol. The number of hydrogen-bond donors (Lipinski definition) is 1. The highest BCUT2D eigenvalue weighted by Gasteiger charge is 2.30. The SMILES string of the molecule is Cc1nn(C)cc1C(C(=O)O)N(C=O)C(C)C. The van der Waals surface area contributed by atoms with Crippen molar-refractivity contribution in [2.75, 3.05) is 0 Å². The molecule has 0 saturated carbocycles. The van der Waals surface area contributed by atoms with Gasteiger partial charge in [0.2, 0.25) is 6.41 Å². The maximum Gasteiger partial charge on any atom is 0.331 e. The smallest absolute Gasteiger partial charge is 0.331 e. The van der Waals surface area contributed by atoms with Crippen LogP contribution >= 0.6 is 0 Å². The Hall–Kier alpha value is -1.85. The first-order valence-electron chi connectivity index (χ1n) is 5.34. The third-order valence-electron chi connectivity index (χ3n) is 2.60. The zero-order chi connectivity index (χ0) is 13.2. The molecule has 1 rings (SSSR count). The van der Waals surface area contributed by atoms with Crippen molar-refractivity contribution >= 4 is 12.4 Å². The number of carboxylic acid groups (broad SMARTS) is 1. The van der Waals surface area contributed by atoms with Gasteiger partial charge in [-0.05, 0) is 20.8 Å². The van der Waals surface area contributed by atoms with Crippen LogP contribution < -0.4 is 0 Å². The fourth-order valence-electron chi connectivity index (χ4n) is 1.79. The predicted octanol–water partition coefficient (Wildman–Crippen LogP) is 0.721. The second kappa shape index (κ2) is 4.99. The highest BCUT2D eigenvalue weighted by molar-refractivity contribution is 5.78. The number of carbonyl (C=O) groups excluding carboxylic acids is 1. The van der Waals surface area contributed by atoms with Crippen LogP contribution in [0, 0.1) is 6.92 Å². The van der Waals surface area contributed by atoms with E-state index < -0.39 is 12.0 Å². The summed E-state index contributed by atoms with van der Waals surface area (Å²) in [5, 5.41) is 13.4. The maximum absolute atomic E-state index is 11.3. The van der Waals surface area contributed by atoms with E-state index in [9.17, 15) is 14.7 Å². The second-order valence-corrected chi connectivity index (χ2v) is 4.23. The zero-order valence-corrected chi connectivity index (χ0v) is 10.4. The lowest BCUT2D eigenvalue weighted by atomic mass is 10.1. The fraction of sp³-hybridized carbons (Fsp3) is 0.545. The molecule has 1 aromatic heterocycles. The molecule has 0 bridgehead atoms. The summed E-state index contributed by atoms with van der Waals surface area (Å²) in [4.78, 5) is 23.6. The second-order valence-electron chi connectivity index (χ2n) is 4.23. The standard InChI is InChI=1S/C11H17N3O3/c1-7(2)14(6-15)10(11(16)17)9-5-13(4)12-8(9)3/h5-7,10H,1-4H3,(H,16,17). The van der Waals surface area contributed by atoms with Gasteiger partial charge in [-0.15, -0.1) is 0 Å². The summed E-state index contributed by atoms with van der Waals surface area (Å²) in [5.41, 5.74) is 1.16. The molecular formula is C11H17N3O3. The van der Waals surface area contributed by atoms with Crippen molar-refractivity contribution in [2.45, 2.75) is 32.9 Å². The number of carbonyl (C=O) groups is 2. The van der Waals surface area contributed by atoms with Crippen LogP contribution in [0.2, 0.25) is 0 Å². The Bertz CT molecular complexity index is 426. The maximum atomic E-state index is 11.3. The lowest BCUT2D eigenvalue weighted by molar-refractivity contribution is -0.148. The molecular weight excluding hydrogens is 222 g/mol. The molecule has 94 valence electrons. The van der Waals surface area contributed by atoms with Gasteiger partial charge in [0.05, 0.1) is 5.69 Å². The average Bonchev–Trinajstić information content (AvgIpc) is 2.52. The zero-order valence-electron chi connectivity index (χ0n) is 10.4. The molecule has 0 saturated heterocycles. The fourth-order valence-corrected chi connectivity index (χ4v) is 1.79. The van der Waals surface area contributed by atoms with Crippen LogP contribution in [0.5, 0.6) is 0 Å². The number of rotatable bonds is 5. The highest BCUT2D eigenvalue weighted by Crippen LogP contribution is 2.24. The first-order chi connectivity index (χ1) is 7.88. The van der Waals surface area contributed by atoms with Crippen molar-refractivity contribution < 1.29 is 14.7 Å². The Balaban J connectivity index is 3.22. The topological polar surface area (TPSA) is 75.4 Å². The summed E-state index contributed by atoms with van der Waals surface area (Å²) < 4.78 is 1.55. The summed E-state index contributed by atoms with van der Waals surface area (Å²) in [6.45, 7) is 5.28. The van der Waals surface area contributed by atoms with Crippen molar-refractivity contribution in [2.24, 2.45) is 7.05 Å². The Morgan fingerprint density at radius 3 is 2.47 bits per heavy atom. The van der Waals surface area contributed by atoms with Crippen LogP contribution in [-0.4, -0.2) is 38.2 Å². The largest absolute Gasteiger partial charge is 0.479 e. The van der Waals surface area contributed by atoms with E-state index in [1.807, 2.05) is 0 Å². The summed E-state index contributed by atoms with van der Waals surface area (Å²) in [5.74, 6) is -1.05. The van der Waals surface area contributed by atoms with Gasteiger partial charge in [0.15, 0.2) is 6.04 Å². The molecule has 1 amide bonds. The predicted molar refractivity (Wildman–Crippen MR) is 61.4 cm³/mol. The van der Waals surface area contributed by atoms with E-state index in [1.165, 1.54) is 4.90 Å². The third kappa shape index (κ3) is 2.64. The Morgan fingerprint density at radius 2 is 2.18 bits per heavy atom. The Kier molecular flexibility index (Phi) is 3.88. The molecule has 1 atom stereocenters. The molecule has 1 unspecified atom stereocenters. The van der Waals surface area contributed by atoms with Gasteiger partial charge in [0.1, 0.15) is 0 Å². The molecule has 0 aliphatic heterocycles. The minimum atomic E-state index is -1.05.